The molecular weight excluding hydrogens is 252 g/mol. The van der Waals surface area contributed by atoms with Crippen LogP contribution in [0.1, 0.15) is 59.2 Å². The van der Waals surface area contributed by atoms with Crippen LogP contribution < -0.4 is 5.32 Å². The molecule has 0 aliphatic carbocycles. The number of rotatable bonds is 6. The zero-order chi connectivity index (χ0) is 14.6. The molecule has 0 bridgehead atoms. The quantitative estimate of drug-likeness (QED) is 0.843. The van der Waals surface area contributed by atoms with Gasteiger partial charge in [-0.05, 0) is 18.4 Å². The van der Waals surface area contributed by atoms with Crippen LogP contribution in [0.3, 0.4) is 0 Å². The van der Waals surface area contributed by atoms with Crippen LogP contribution in [0.4, 0.5) is 0 Å². The summed E-state index contributed by atoms with van der Waals surface area (Å²) >= 11 is 1.81. The molecule has 2 unspecified atom stereocenters. The lowest BCUT2D eigenvalue weighted by atomic mass is 9.88. The van der Waals surface area contributed by atoms with Crippen LogP contribution >= 0.6 is 11.3 Å². The number of hydrogen-bond acceptors (Lipinski definition) is 3. The zero-order valence-corrected chi connectivity index (χ0v) is 14.4. The van der Waals surface area contributed by atoms with E-state index in [1.54, 1.807) is 0 Å². The van der Waals surface area contributed by atoms with E-state index in [1.165, 1.54) is 10.7 Å². The van der Waals surface area contributed by atoms with Gasteiger partial charge in [-0.2, -0.15) is 0 Å². The van der Waals surface area contributed by atoms with Gasteiger partial charge >= 0.3 is 0 Å². The van der Waals surface area contributed by atoms with Crippen LogP contribution in [0.5, 0.6) is 0 Å². The summed E-state index contributed by atoms with van der Waals surface area (Å²) in [7, 11) is 0. The van der Waals surface area contributed by atoms with Gasteiger partial charge in [0.15, 0.2) is 0 Å². The Morgan fingerprint density at radius 2 is 1.89 bits per heavy atom. The third-order valence-electron chi connectivity index (χ3n) is 3.87. The molecule has 0 aliphatic rings. The van der Waals surface area contributed by atoms with E-state index in [-0.39, 0.29) is 5.41 Å². The predicted molar refractivity (Wildman–Crippen MR) is 86.0 cm³/mol. The molecule has 2 atom stereocenters. The van der Waals surface area contributed by atoms with E-state index in [0.29, 0.717) is 17.9 Å². The second kappa shape index (κ2) is 6.85. The third-order valence-corrected chi connectivity index (χ3v) is 4.74. The summed E-state index contributed by atoms with van der Waals surface area (Å²) in [5, 5.41) is 7.11. The van der Waals surface area contributed by atoms with Crippen molar-refractivity contribution in [2.75, 3.05) is 6.54 Å². The molecule has 0 radical (unpaired) electrons. The minimum Gasteiger partial charge on any atom is -0.314 e. The van der Waals surface area contributed by atoms with Gasteiger partial charge in [-0.15, -0.1) is 11.3 Å². The Morgan fingerprint density at radius 3 is 2.32 bits per heavy atom. The normalized spacial score (nSPS) is 15.8. The molecule has 1 aromatic rings. The molecule has 0 saturated carbocycles. The largest absolute Gasteiger partial charge is 0.314 e. The van der Waals surface area contributed by atoms with Crippen molar-refractivity contribution in [3.05, 3.63) is 16.1 Å². The summed E-state index contributed by atoms with van der Waals surface area (Å²) in [4.78, 5) is 4.82. The highest BCUT2D eigenvalue weighted by Crippen LogP contribution is 2.26. The van der Waals surface area contributed by atoms with Crippen molar-refractivity contribution in [3.8, 4) is 0 Å². The van der Waals surface area contributed by atoms with E-state index < -0.39 is 0 Å². The van der Waals surface area contributed by atoms with Gasteiger partial charge in [0.2, 0.25) is 0 Å². The summed E-state index contributed by atoms with van der Waals surface area (Å²) in [6.45, 7) is 16.8. The van der Waals surface area contributed by atoms with Crippen molar-refractivity contribution in [2.24, 2.45) is 11.8 Å². The highest BCUT2D eigenvalue weighted by Gasteiger charge is 2.23. The second-order valence-electron chi connectivity index (χ2n) is 6.85. The number of likely N-dealkylation sites (N-methyl/N-ethyl adjacent to an activating group) is 1. The maximum absolute atomic E-state index is 4.82. The first-order valence-electron chi connectivity index (χ1n) is 7.44. The van der Waals surface area contributed by atoms with Crippen molar-refractivity contribution in [1.29, 1.82) is 0 Å². The Hall–Kier alpha value is -0.410. The maximum Gasteiger partial charge on any atom is 0.0944 e. The minimum absolute atomic E-state index is 0.159. The van der Waals surface area contributed by atoms with E-state index in [1.807, 2.05) is 11.3 Å². The van der Waals surface area contributed by atoms with Gasteiger partial charge in [0.25, 0.3) is 0 Å². The van der Waals surface area contributed by atoms with Crippen molar-refractivity contribution in [1.82, 2.24) is 10.3 Å². The molecule has 1 N–H and O–H groups in total. The number of nitrogens with zero attached hydrogens (tertiary/aromatic N) is 1. The van der Waals surface area contributed by atoms with Gasteiger partial charge in [-0.1, -0.05) is 48.5 Å². The summed E-state index contributed by atoms with van der Waals surface area (Å²) in [6, 6.07) is 0.531. The summed E-state index contributed by atoms with van der Waals surface area (Å²) < 4.78 is 0. The number of nitrogens with one attached hydrogen (secondary N) is 1. The predicted octanol–water partition coefficient (Wildman–Crippen LogP) is 4.25. The first-order valence-corrected chi connectivity index (χ1v) is 8.32. The average Bonchev–Trinajstić information content (AvgIpc) is 2.75. The Morgan fingerprint density at radius 1 is 1.26 bits per heavy atom. The van der Waals surface area contributed by atoms with Crippen LogP contribution in [-0.2, 0) is 11.8 Å². The van der Waals surface area contributed by atoms with Crippen molar-refractivity contribution in [2.45, 2.75) is 66.3 Å². The van der Waals surface area contributed by atoms with Crippen molar-refractivity contribution < 1.29 is 0 Å². The maximum atomic E-state index is 4.82. The Kier molecular flexibility index (Phi) is 6.00. The van der Waals surface area contributed by atoms with Gasteiger partial charge < -0.3 is 5.32 Å². The molecule has 0 spiro atoms. The molecule has 0 saturated heterocycles. The zero-order valence-electron chi connectivity index (χ0n) is 13.6. The van der Waals surface area contributed by atoms with Crippen molar-refractivity contribution >= 4 is 11.3 Å². The van der Waals surface area contributed by atoms with E-state index in [0.717, 1.165) is 13.0 Å². The molecule has 1 heterocycles. The molecule has 3 heteroatoms. The highest BCUT2D eigenvalue weighted by atomic mass is 32.1. The van der Waals surface area contributed by atoms with Gasteiger partial charge in [-0.3, -0.25) is 0 Å². The molecule has 1 aromatic heterocycles. The minimum atomic E-state index is 0.159. The van der Waals surface area contributed by atoms with E-state index in [9.17, 15) is 0 Å². The van der Waals surface area contributed by atoms with E-state index >= 15 is 0 Å². The number of hydrogen-bond donors (Lipinski definition) is 1. The topological polar surface area (TPSA) is 24.9 Å². The Bertz CT molecular complexity index is 376. The highest BCUT2D eigenvalue weighted by molar-refractivity contribution is 7.09. The van der Waals surface area contributed by atoms with Crippen LogP contribution in [0.25, 0.3) is 0 Å². The van der Waals surface area contributed by atoms with Crippen LogP contribution in [0.2, 0.25) is 0 Å². The van der Waals surface area contributed by atoms with Crippen LogP contribution in [0, 0.1) is 11.8 Å². The molecule has 2 nitrogen and oxygen atoms in total. The Balaban J connectivity index is 2.77. The molecule has 1 rings (SSSR count). The lowest BCUT2D eigenvalue weighted by Crippen LogP contribution is -2.39. The first kappa shape index (κ1) is 16.6. The summed E-state index contributed by atoms with van der Waals surface area (Å²) in [5.74, 6) is 1.37. The van der Waals surface area contributed by atoms with Crippen molar-refractivity contribution in [3.63, 3.8) is 0 Å². The fraction of sp³-hybridized carbons (Fsp3) is 0.812. The van der Waals surface area contributed by atoms with E-state index in [4.69, 9.17) is 4.98 Å². The molecule has 110 valence electrons. The molecule has 0 amide bonds. The molecular formula is C16H30N2S. The number of thiazole rings is 1. The SMILES string of the molecule is CCNC(Cc1nc(C(C)(C)C)cs1)C(C)C(C)C. The monoisotopic (exact) mass is 282 g/mol. The molecule has 0 aliphatic heterocycles. The van der Waals surface area contributed by atoms with Crippen LogP contribution in [0.15, 0.2) is 5.38 Å². The summed E-state index contributed by atoms with van der Waals surface area (Å²) in [6.07, 6.45) is 1.05. The fourth-order valence-electron chi connectivity index (χ4n) is 2.11. The smallest absolute Gasteiger partial charge is 0.0944 e. The van der Waals surface area contributed by atoms with Gasteiger partial charge in [-0.25, -0.2) is 4.98 Å². The third kappa shape index (κ3) is 4.88. The lowest BCUT2D eigenvalue weighted by Gasteiger charge is -2.27. The molecule has 0 fully saturated rings. The average molecular weight is 282 g/mol. The molecule has 19 heavy (non-hydrogen) atoms. The lowest BCUT2D eigenvalue weighted by molar-refractivity contribution is 0.300. The summed E-state index contributed by atoms with van der Waals surface area (Å²) in [5.41, 5.74) is 1.38. The van der Waals surface area contributed by atoms with Gasteiger partial charge in [0.1, 0.15) is 0 Å². The Labute approximate surface area is 123 Å². The van der Waals surface area contributed by atoms with Gasteiger partial charge in [0, 0.05) is 23.3 Å². The second-order valence-corrected chi connectivity index (χ2v) is 7.79. The standard InChI is InChI=1S/C16H30N2S/c1-8-17-13(12(4)11(2)3)9-15-18-14(10-19-15)16(5,6)7/h10-13,17H,8-9H2,1-7H3. The number of aromatic nitrogens is 1. The fourth-order valence-corrected chi connectivity index (χ4v) is 3.19. The van der Waals surface area contributed by atoms with Gasteiger partial charge in [0.05, 0.1) is 10.7 Å². The van der Waals surface area contributed by atoms with Crippen LogP contribution in [-0.4, -0.2) is 17.6 Å². The first-order chi connectivity index (χ1) is 8.75. The molecule has 0 aromatic carbocycles. The van der Waals surface area contributed by atoms with E-state index in [2.05, 4.69) is 59.2 Å².